The van der Waals surface area contributed by atoms with Crippen molar-refractivity contribution in [3.8, 4) is 0 Å². The zero-order chi connectivity index (χ0) is 19.5. The molecule has 8 nitrogen and oxygen atoms in total. The Hall–Kier alpha value is -0.320. The van der Waals surface area contributed by atoms with Gasteiger partial charge in [0.1, 0.15) is 6.79 Å². The van der Waals surface area contributed by atoms with Crippen LogP contribution >= 0.6 is 0 Å². The first-order valence-electron chi connectivity index (χ1n) is 10.7. The average molecular weight is 401 g/mol. The summed E-state index contributed by atoms with van der Waals surface area (Å²) in [5, 5.41) is 0. The van der Waals surface area contributed by atoms with E-state index in [1.165, 1.54) is 0 Å². The minimum absolute atomic E-state index is 0.242. The maximum absolute atomic E-state index is 7.19. The predicted molar refractivity (Wildman–Crippen MR) is 102 cm³/mol. The lowest BCUT2D eigenvalue weighted by Crippen LogP contribution is -2.60. The summed E-state index contributed by atoms with van der Waals surface area (Å²) in [5.74, 6) is 0. The van der Waals surface area contributed by atoms with Gasteiger partial charge in [-0.05, 0) is 45.1 Å². The van der Waals surface area contributed by atoms with Crippen molar-refractivity contribution in [1.82, 2.24) is 0 Å². The minimum Gasteiger partial charge on any atom is -0.373 e. The highest BCUT2D eigenvalue weighted by Gasteiger charge is 2.57. The molecule has 0 aliphatic carbocycles. The van der Waals surface area contributed by atoms with Gasteiger partial charge in [0, 0.05) is 17.6 Å². The second kappa shape index (κ2) is 9.22. The summed E-state index contributed by atoms with van der Waals surface area (Å²) in [5.41, 5.74) is 12.0. The largest absolute Gasteiger partial charge is 0.373 e. The lowest BCUT2D eigenvalue weighted by molar-refractivity contribution is -0.110. The molecule has 28 heavy (non-hydrogen) atoms. The number of hydrogen-bond acceptors (Lipinski definition) is 8. The van der Waals surface area contributed by atoms with E-state index in [9.17, 15) is 0 Å². The third kappa shape index (κ3) is 6.09. The van der Waals surface area contributed by atoms with Gasteiger partial charge in [0.2, 0.25) is 0 Å². The van der Waals surface area contributed by atoms with Gasteiger partial charge in [-0.25, -0.2) is 0 Å². The minimum atomic E-state index is -0.438. The van der Waals surface area contributed by atoms with Crippen LogP contribution in [0, 0.1) is 5.41 Å². The Morgan fingerprint density at radius 1 is 0.750 bits per heavy atom. The fourth-order valence-electron chi connectivity index (χ4n) is 4.40. The Morgan fingerprint density at radius 2 is 1.25 bits per heavy atom. The molecule has 0 radical (unpaired) electrons. The van der Waals surface area contributed by atoms with E-state index in [0.29, 0.717) is 19.8 Å². The fraction of sp³-hybridized carbons (Fsp3) is 1.00. The molecule has 0 amide bonds. The third-order valence-corrected chi connectivity index (χ3v) is 6.37. The third-order valence-electron chi connectivity index (χ3n) is 6.37. The SMILES string of the molecule is NCCCCOCOCC(CC1CO1)(CC1CO1)C(N)(CC1CO1)CC1CO1. The number of hydrogen-bond donors (Lipinski definition) is 2. The Kier molecular flexibility index (Phi) is 6.89. The highest BCUT2D eigenvalue weighted by Crippen LogP contribution is 2.50. The van der Waals surface area contributed by atoms with Crippen LogP contribution in [0.15, 0.2) is 0 Å². The van der Waals surface area contributed by atoms with Crippen LogP contribution in [0.25, 0.3) is 0 Å². The highest BCUT2D eigenvalue weighted by molar-refractivity contribution is 5.10. The van der Waals surface area contributed by atoms with E-state index in [2.05, 4.69) is 0 Å². The van der Waals surface area contributed by atoms with Crippen LogP contribution in [-0.4, -0.2) is 82.9 Å². The zero-order valence-corrected chi connectivity index (χ0v) is 16.8. The van der Waals surface area contributed by atoms with Crippen molar-refractivity contribution >= 4 is 0 Å². The quantitative estimate of drug-likeness (QED) is 0.206. The van der Waals surface area contributed by atoms with Gasteiger partial charge in [-0.3, -0.25) is 0 Å². The van der Waals surface area contributed by atoms with E-state index in [1.54, 1.807) is 0 Å². The smallest absolute Gasteiger partial charge is 0.146 e. The molecule has 4 fully saturated rings. The fourth-order valence-corrected chi connectivity index (χ4v) is 4.40. The summed E-state index contributed by atoms with van der Waals surface area (Å²) in [6.07, 6.45) is 6.36. The molecular formula is C20H36N2O6. The molecule has 4 rings (SSSR count). The predicted octanol–water partition coefficient (Wildman–Crippen LogP) is 0.556. The molecule has 4 atom stereocenters. The highest BCUT2D eigenvalue weighted by atomic mass is 16.7. The molecule has 4 saturated heterocycles. The summed E-state index contributed by atoms with van der Waals surface area (Å²) in [7, 11) is 0. The number of ether oxygens (including phenoxy) is 6. The molecule has 4 unspecified atom stereocenters. The lowest BCUT2D eigenvalue weighted by Gasteiger charge is -2.48. The molecule has 0 spiro atoms. The van der Waals surface area contributed by atoms with E-state index in [-0.39, 0.29) is 36.6 Å². The summed E-state index contributed by atoms with van der Waals surface area (Å²) >= 11 is 0. The first kappa shape index (κ1) is 20.9. The lowest BCUT2D eigenvalue weighted by atomic mass is 9.61. The van der Waals surface area contributed by atoms with Gasteiger partial charge in [0.25, 0.3) is 0 Å². The van der Waals surface area contributed by atoms with Crippen LogP contribution in [-0.2, 0) is 28.4 Å². The van der Waals surface area contributed by atoms with Crippen molar-refractivity contribution in [2.45, 2.75) is 68.5 Å². The number of epoxide rings is 4. The van der Waals surface area contributed by atoms with Crippen molar-refractivity contribution in [2.75, 3.05) is 53.0 Å². The second-order valence-corrected chi connectivity index (χ2v) is 8.94. The molecule has 0 aromatic carbocycles. The van der Waals surface area contributed by atoms with E-state index in [4.69, 9.17) is 39.9 Å². The van der Waals surface area contributed by atoms with Crippen molar-refractivity contribution in [3.05, 3.63) is 0 Å². The summed E-state index contributed by atoms with van der Waals surface area (Å²) in [4.78, 5) is 0. The first-order valence-corrected chi connectivity index (χ1v) is 10.7. The van der Waals surface area contributed by atoms with Crippen molar-refractivity contribution < 1.29 is 28.4 Å². The molecule has 0 saturated carbocycles. The zero-order valence-electron chi connectivity index (χ0n) is 16.8. The molecule has 4 N–H and O–H groups in total. The molecule has 4 heterocycles. The maximum Gasteiger partial charge on any atom is 0.146 e. The standard InChI is InChI=1S/C20H36N2O6/c21-3-1-2-4-23-14-24-13-19(5-15-9-25-15,6-16-10-26-16)20(22,7-17-11-27-17)8-18-12-28-18/h15-18H,1-14,21-22H2. The molecule has 8 heteroatoms. The summed E-state index contributed by atoms with van der Waals surface area (Å²) in [6.45, 7) is 5.38. The Balaban J connectivity index is 1.42. The van der Waals surface area contributed by atoms with Gasteiger partial charge in [0.05, 0.1) is 57.5 Å². The summed E-state index contributed by atoms with van der Waals surface area (Å²) in [6, 6.07) is 0. The van der Waals surface area contributed by atoms with Crippen molar-refractivity contribution in [2.24, 2.45) is 16.9 Å². The van der Waals surface area contributed by atoms with E-state index in [1.807, 2.05) is 0 Å². The van der Waals surface area contributed by atoms with Crippen LogP contribution in [0.1, 0.15) is 38.5 Å². The Bertz CT molecular complexity index is 463. The van der Waals surface area contributed by atoms with Crippen LogP contribution in [0.3, 0.4) is 0 Å². The van der Waals surface area contributed by atoms with Gasteiger partial charge in [0.15, 0.2) is 0 Å². The van der Waals surface area contributed by atoms with Crippen LogP contribution in [0.2, 0.25) is 0 Å². The van der Waals surface area contributed by atoms with E-state index in [0.717, 1.165) is 65.0 Å². The molecule has 0 aromatic heterocycles. The van der Waals surface area contributed by atoms with Gasteiger partial charge in [-0.2, -0.15) is 0 Å². The summed E-state index contributed by atoms with van der Waals surface area (Å²) < 4.78 is 34.1. The van der Waals surface area contributed by atoms with Crippen molar-refractivity contribution in [3.63, 3.8) is 0 Å². The molecular weight excluding hydrogens is 364 g/mol. The van der Waals surface area contributed by atoms with Crippen LogP contribution in [0.4, 0.5) is 0 Å². The topological polar surface area (TPSA) is 121 Å². The Labute approximate surface area is 167 Å². The number of nitrogens with two attached hydrogens (primary N) is 2. The van der Waals surface area contributed by atoms with Gasteiger partial charge in [-0.15, -0.1) is 0 Å². The normalized spacial score (nSPS) is 34.5. The first-order chi connectivity index (χ1) is 13.6. The molecule has 0 aromatic rings. The average Bonchev–Trinajstić information content (AvgIpc) is 3.50. The number of unbranched alkanes of at least 4 members (excludes halogenated alkanes) is 1. The second-order valence-electron chi connectivity index (χ2n) is 8.94. The maximum atomic E-state index is 7.19. The number of rotatable bonds is 17. The molecule has 0 bridgehead atoms. The molecule has 4 aliphatic heterocycles. The Morgan fingerprint density at radius 3 is 1.71 bits per heavy atom. The van der Waals surface area contributed by atoms with Gasteiger partial charge in [-0.1, -0.05) is 0 Å². The van der Waals surface area contributed by atoms with Gasteiger partial charge < -0.3 is 39.9 Å². The van der Waals surface area contributed by atoms with Crippen molar-refractivity contribution in [1.29, 1.82) is 0 Å². The van der Waals surface area contributed by atoms with E-state index < -0.39 is 5.54 Å². The monoisotopic (exact) mass is 400 g/mol. The van der Waals surface area contributed by atoms with Crippen LogP contribution in [0.5, 0.6) is 0 Å². The van der Waals surface area contributed by atoms with Gasteiger partial charge >= 0.3 is 0 Å². The molecule has 162 valence electrons. The van der Waals surface area contributed by atoms with E-state index >= 15 is 0 Å². The van der Waals surface area contributed by atoms with Crippen LogP contribution < -0.4 is 11.5 Å². The molecule has 4 aliphatic rings.